The number of rotatable bonds is 0. The van der Waals surface area contributed by atoms with E-state index in [1.165, 1.54) is 0 Å². The Hall–Kier alpha value is -1.86. The lowest BCUT2D eigenvalue weighted by Gasteiger charge is -2.31. The maximum atomic E-state index is 12.7. The molecule has 0 unspecified atom stereocenters. The van der Waals surface area contributed by atoms with Gasteiger partial charge in [0.25, 0.3) is 5.56 Å². The molecule has 2 heterocycles. The summed E-state index contributed by atoms with van der Waals surface area (Å²) in [5.74, 6) is 4.17. The number of nitrogens with zero attached hydrogens (tertiary/aromatic N) is 2. The molecule has 0 bridgehead atoms. The molecule has 0 atom stereocenters. The number of fused-ring (bicyclic) bond motifs is 2. The van der Waals surface area contributed by atoms with E-state index in [9.17, 15) is 4.79 Å². The van der Waals surface area contributed by atoms with Gasteiger partial charge in [0.05, 0.1) is 10.9 Å². The molecule has 4 heteroatoms. The van der Waals surface area contributed by atoms with E-state index in [2.05, 4.69) is 45.0 Å². The average Bonchev–Trinajstić information content (AvgIpc) is 2.43. The number of benzene rings is 1. The molecule has 0 saturated carbocycles. The monoisotopic (exact) mass is 324 g/mol. The van der Waals surface area contributed by atoms with Gasteiger partial charge in [-0.2, -0.15) is 0 Å². The van der Waals surface area contributed by atoms with Crippen molar-refractivity contribution in [2.24, 2.45) is 5.41 Å². The first-order valence-corrected chi connectivity index (χ1v) is 11.7. The molecule has 3 rings (SSSR count). The molecule has 0 amide bonds. The summed E-state index contributed by atoms with van der Waals surface area (Å²) in [5.41, 5.74) is 5.40. The minimum Gasteiger partial charge on any atom is -0.296 e. The summed E-state index contributed by atoms with van der Waals surface area (Å²) >= 11 is 0. The number of hydrogen-bond acceptors (Lipinski definition) is 2. The van der Waals surface area contributed by atoms with E-state index in [4.69, 9.17) is 4.98 Å². The molecule has 0 spiro atoms. The van der Waals surface area contributed by atoms with Crippen LogP contribution in [0.25, 0.3) is 10.9 Å². The van der Waals surface area contributed by atoms with Gasteiger partial charge in [0, 0.05) is 18.5 Å². The third kappa shape index (κ3) is 3.40. The van der Waals surface area contributed by atoms with Crippen molar-refractivity contribution in [1.82, 2.24) is 9.55 Å². The van der Waals surface area contributed by atoms with E-state index < -0.39 is 8.07 Å². The number of hydrogen-bond donors (Lipinski definition) is 0. The zero-order valence-electron chi connectivity index (χ0n) is 14.7. The van der Waals surface area contributed by atoms with E-state index in [1.54, 1.807) is 0 Å². The van der Waals surface area contributed by atoms with Crippen molar-refractivity contribution >= 4 is 19.0 Å². The molecule has 1 aromatic carbocycles. The van der Waals surface area contributed by atoms with Crippen molar-refractivity contribution in [3.05, 3.63) is 39.9 Å². The van der Waals surface area contributed by atoms with Crippen molar-refractivity contribution in [3.8, 4) is 11.5 Å². The fourth-order valence-corrected chi connectivity index (χ4v) is 3.42. The van der Waals surface area contributed by atoms with E-state index in [1.807, 2.05) is 22.8 Å². The van der Waals surface area contributed by atoms with Crippen molar-refractivity contribution < 1.29 is 0 Å². The van der Waals surface area contributed by atoms with Crippen molar-refractivity contribution in [1.29, 1.82) is 0 Å². The standard InChI is InChI=1S/C19H24N2OSi/c1-19(2)9-10-21-17(13-19)20-16-12-14(8-11-23(3,4)5)6-7-15(16)18(21)22/h6-7,12H,9-10,13H2,1-5H3. The van der Waals surface area contributed by atoms with Crippen LogP contribution >= 0.6 is 0 Å². The molecule has 1 aromatic heterocycles. The van der Waals surface area contributed by atoms with Crippen LogP contribution in [0.4, 0.5) is 0 Å². The molecule has 1 aliphatic heterocycles. The Labute approximate surface area is 138 Å². The predicted molar refractivity (Wildman–Crippen MR) is 98.3 cm³/mol. The van der Waals surface area contributed by atoms with Crippen LogP contribution in [0.3, 0.4) is 0 Å². The van der Waals surface area contributed by atoms with Gasteiger partial charge in [-0.15, -0.1) is 5.54 Å². The SMILES string of the molecule is CC1(C)CCn2c(nc3cc(C#C[Si](C)(C)C)ccc3c2=O)C1. The van der Waals surface area contributed by atoms with E-state index >= 15 is 0 Å². The second-order valence-electron chi connectivity index (χ2n) is 8.31. The minimum absolute atomic E-state index is 0.0882. The van der Waals surface area contributed by atoms with Crippen LogP contribution in [0.1, 0.15) is 31.7 Å². The normalized spacial score (nSPS) is 16.6. The zero-order valence-corrected chi connectivity index (χ0v) is 15.7. The molecule has 23 heavy (non-hydrogen) atoms. The number of aromatic nitrogens is 2. The Balaban J connectivity index is 2.13. The summed E-state index contributed by atoms with van der Waals surface area (Å²) in [6.07, 6.45) is 1.87. The molecule has 2 aromatic rings. The third-order valence-electron chi connectivity index (χ3n) is 4.27. The van der Waals surface area contributed by atoms with Crippen LogP contribution in [0, 0.1) is 16.9 Å². The Morgan fingerprint density at radius 1 is 1.26 bits per heavy atom. The zero-order chi connectivity index (χ0) is 16.8. The highest BCUT2D eigenvalue weighted by Gasteiger charge is 2.27. The second-order valence-corrected chi connectivity index (χ2v) is 13.1. The maximum absolute atomic E-state index is 12.7. The van der Waals surface area contributed by atoms with Gasteiger partial charge < -0.3 is 0 Å². The lowest BCUT2D eigenvalue weighted by atomic mass is 9.83. The molecule has 3 nitrogen and oxygen atoms in total. The van der Waals surface area contributed by atoms with Gasteiger partial charge in [-0.25, -0.2) is 4.98 Å². The van der Waals surface area contributed by atoms with Crippen LogP contribution < -0.4 is 5.56 Å². The van der Waals surface area contributed by atoms with Gasteiger partial charge in [-0.05, 0) is 30.0 Å². The quantitative estimate of drug-likeness (QED) is 0.548. The van der Waals surface area contributed by atoms with Gasteiger partial charge >= 0.3 is 0 Å². The summed E-state index contributed by atoms with van der Waals surface area (Å²) < 4.78 is 1.85. The molecule has 0 saturated heterocycles. The van der Waals surface area contributed by atoms with Crippen LogP contribution in [-0.2, 0) is 13.0 Å². The van der Waals surface area contributed by atoms with Gasteiger partial charge in [0.2, 0.25) is 0 Å². The molecular formula is C19H24N2OSi. The Morgan fingerprint density at radius 3 is 2.70 bits per heavy atom. The summed E-state index contributed by atoms with van der Waals surface area (Å²) in [7, 11) is -1.41. The van der Waals surface area contributed by atoms with E-state index in [0.29, 0.717) is 5.39 Å². The van der Waals surface area contributed by atoms with Gasteiger partial charge in [-0.1, -0.05) is 39.4 Å². The highest BCUT2D eigenvalue weighted by molar-refractivity contribution is 6.83. The van der Waals surface area contributed by atoms with Crippen LogP contribution in [0.15, 0.2) is 23.0 Å². The fraction of sp³-hybridized carbons (Fsp3) is 0.474. The fourth-order valence-electron chi connectivity index (χ4n) is 2.90. The summed E-state index contributed by atoms with van der Waals surface area (Å²) in [6.45, 7) is 11.9. The van der Waals surface area contributed by atoms with Crippen LogP contribution in [0.2, 0.25) is 19.6 Å². The molecule has 0 aliphatic carbocycles. The van der Waals surface area contributed by atoms with Crippen molar-refractivity contribution in [2.45, 2.75) is 52.9 Å². The molecule has 1 aliphatic rings. The topological polar surface area (TPSA) is 34.9 Å². The van der Waals surface area contributed by atoms with E-state index in [0.717, 1.165) is 36.3 Å². The predicted octanol–water partition coefficient (Wildman–Crippen LogP) is 3.60. The highest BCUT2D eigenvalue weighted by atomic mass is 28.3. The first-order chi connectivity index (χ1) is 10.6. The average molecular weight is 325 g/mol. The lowest BCUT2D eigenvalue weighted by molar-refractivity contribution is 0.261. The van der Waals surface area contributed by atoms with E-state index in [-0.39, 0.29) is 11.0 Å². The minimum atomic E-state index is -1.41. The smallest absolute Gasteiger partial charge is 0.261 e. The Bertz CT molecular complexity index is 892. The van der Waals surface area contributed by atoms with Crippen molar-refractivity contribution in [3.63, 3.8) is 0 Å². The summed E-state index contributed by atoms with van der Waals surface area (Å²) in [5, 5.41) is 0.701. The third-order valence-corrected chi connectivity index (χ3v) is 5.14. The first-order valence-electron chi connectivity index (χ1n) is 8.21. The molecule has 0 radical (unpaired) electrons. The molecule has 120 valence electrons. The summed E-state index contributed by atoms with van der Waals surface area (Å²) in [4.78, 5) is 17.5. The van der Waals surface area contributed by atoms with Crippen molar-refractivity contribution in [2.75, 3.05) is 0 Å². The maximum Gasteiger partial charge on any atom is 0.261 e. The van der Waals surface area contributed by atoms with Gasteiger partial charge in [0.15, 0.2) is 0 Å². The summed E-state index contributed by atoms with van der Waals surface area (Å²) in [6, 6.07) is 5.79. The highest BCUT2D eigenvalue weighted by Crippen LogP contribution is 2.30. The molecule has 0 N–H and O–H groups in total. The first kappa shape index (κ1) is 16.0. The van der Waals surface area contributed by atoms with Crippen LogP contribution in [0.5, 0.6) is 0 Å². The van der Waals surface area contributed by atoms with Crippen LogP contribution in [-0.4, -0.2) is 17.6 Å². The van der Waals surface area contributed by atoms with Gasteiger partial charge in [0.1, 0.15) is 13.9 Å². The Morgan fingerprint density at radius 2 is 2.00 bits per heavy atom. The second kappa shape index (κ2) is 5.35. The Kier molecular flexibility index (Phi) is 3.72. The molecule has 0 fully saturated rings. The van der Waals surface area contributed by atoms with Gasteiger partial charge in [-0.3, -0.25) is 9.36 Å². The largest absolute Gasteiger partial charge is 0.296 e. The molecular weight excluding hydrogens is 300 g/mol. The lowest BCUT2D eigenvalue weighted by Crippen LogP contribution is -2.35.